The third-order valence-corrected chi connectivity index (χ3v) is 4.49. The molecular weight excluding hydrogens is 280 g/mol. The Balaban J connectivity index is 2.21. The van der Waals surface area contributed by atoms with Gasteiger partial charge in [-0.1, -0.05) is 60.7 Å². The summed E-state index contributed by atoms with van der Waals surface area (Å²) in [4.78, 5) is 0. The molecule has 0 radical (unpaired) electrons. The van der Waals surface area contributed by atoms with Crippen LogP contribution in [0.15, 0.2) is 66.7 Å². The molecule has 4 aromatic rings. The van der Waals surface area contributed by atoms with Gasteiger partial charge in [0.25, 0.3) is 0 Å². The summed E-state index contributed by atoms with van der Waals surface area (Å²) < 4.78 is 0. The average molecular weight is 298 g/mol. The first-order valence-corrected chi connectivity index (χ1v) is 7.86. The molecule has 1 N–H and O–H groups in total. The number of phenolic OH excluding ortho intramolecular Hbond substituents is 1. The highest BCUT2D eigenvalue weighted by Gasteiger charge is 2.15. The molecule has 4 aromatic carbocycles. The van der Waals surface area contributed by atoms with E-state index in [1.165, 1.54) is 16.3 Å². The van der Waals surface area contributed by atoms with Crippen LogP contribution in [0.5, 0.6) is 5.75 Å². The maximum atomic E-state index is 10.8. The molecule has 1 nitrogen and oxygen atoms in total. The van der Waals surface area contributed by atoms with Gasteiger partial charge in [0.1, 0.15) is 5.75 Å². The summed E-state index contributed by atoms with van der Waals surface area (Å²) in [6.07, 6.45) is 0. The molecule has 0 aromatic heterocycles. The second-order valence-electron chi connectivity index (χ2n) is 6.17. The van der Waals surface area contributed by atoms with Crippen molar-refractivity contribution in [2.45, 2.75) is 13.8 Å². The third kappa shape index (κ3) is 2.17. The van der Waals surface area contributed by atoms with E-state index in [0.29, 0.717) is 5.75 Å². The smallest absolute Gasteiger partial charge is 0.126 e. The Morgan fingerprint density at radius 2 is 1.30 bits per heavy atom. The minimum atomic E-state index is 0.374. The van der Waals surface area contributed by atoms with Crippen LogP contribution in [0.2, 0.25) is 0 Å². The van der Waals surface area contributed by atoms with Gasteiger partial charge in [0.05, 0.1) is 0 Å². The van der Waals surface area contributed by atoms with Gasteiger partial charge >= 0.3 is 0 Å². The van der Waals surface area contributed by atoms with Gasteiger partial charge in [0, 0.05) is 5.56 Å². The Bertz CT molecular complexity index is 1040. The molecular formula is C22H18O. The number of benzene rings is 4. The predicted molar refractivity (Wildman–Crippen MR) is 98.0 cm³/mol. The molecule has 0 fully saturated rings. The lowest BCUT2D eigenvalue weighted by atomic mass is 9.90. The lowest BCUT2D eigenvalue weighted by Gasteiger charge is -2.15. The van der Waals surface area contributed by atoms with E-state index in [2.05, 4.69) is 55.5 Å². The second kappa shape index (κ2) is 5.13. The fourth-order valence-electron chi connectivity index (χ4n) is 3.42. The first kappa shape index (κ1) is 13.8. The number of hydrogen-bond acceptors (Lipinski definition) is 1. The van der Waals surface area contributed by atoms with Gasteiger partial charge in [-0.25, -0.2) is 0 Å². The zero-order chi connectivity index (χ0) is 16.0. The van der Waals surface area contributed by atoms with E-state index in [1.54, 1.807) is 0 Å². The van der Waals surface area contributed by atoms with Gasteiger partial charge in [-0.3, -0.25) is 0 Å². The third-order valence-electron chi connectivity index (χ3n) is 4.49. The zero-order valence-electron chi connectivity index (χ0n) is 13.3. The van der Waals surface area contributed by atoms with Gasteiger partial charge in [0.15, 0.2) is 0 Å². The predicted octanol–water partition coefficient (Wildman–Crippen LogP) is 5.98. The maximum Gasteiger partial charge on any atom is 0.126 e. The molecule has 0 aliphatic heterocycles. The summed E-state index contributed by atoms with van der Waals surface area (Å²) >= 11 is 0. The first-order chi connectivity index (χ1) is 11.1. The van der Waals surface area contributed by atoms with Crippen LogP contribution in [0.3, 0.4) is 0 Å². The molecule has 0 bridgehead atoms. The number of rotatable bonds is 1. The van der Waals surface area contributed by atoms with Gasteiger partial charge in [0.2, 0.25) is 0 Å². The summed E-state index contributed by atoms with van der Waals surface area (Å²) in [5, 5.41) is 15.4. The van der Waals surface area contributed by atoms with E-state index < -0.39 is 0 Å². The number of fused-ring (bicyclic) bond motifs is 2. The lowest BCUT2D eigenvalue weighted by molar-refractivity contribution is 0.474. The molecule has 0 saturated heterocycles. The van der Waals surface area contributed by atoms with Crippen molar-refractivity contribution in [2.75, 3.05) is 0 Å². The Labute approximate surface area is 135 Å². The number of aromatic hydroxyl groups is 1. The van der Waals surface area contributed by atoms with Gasteiger partial charge in [-0.2, -0.15) is 0 Å². The van der Waals surface area contributed by atoms with E-state index in [-0.39, 0.29) is 0 Å². The van der Waals surface area contributed by atoms with Crippen LogP contribution >= 0.6 is 0 Å². The van der Waals surface area contributed by atoms with Crippen LogP contribution in [0, 0.1) is 13.8 Å². The fourth-order valence-corrected chi connectivity index (χ4v) is 3.42. The highest BCUT2D eigenvalue weighted by molar-refractivity contribution is 6.08. The summed E-state index contributed by atoms with van der Waals surface area (Å²) in [6.45, 7) is 4.06. The first-order valence-electron chi connectivity index (χ1n) is 7.86. The van der Waals surface area contributed by atoms with Crippen LogP contribution in [-0.2, 0) is 0 Å². The average Bonchev–Trinajstić information content (AvgIpc) is 2.55. The summed E-state index contributed by atoms with van der Waals surface area (Å²) in [6, 6.07) is 23.0. The Hall–Kier alpha value is -2.80. The highest BCUT2D eigenvalue weighted by Crippen LogP contribution is 2.42. The molecule has 0 unspecified atom stereocenters. The van der Waals surface area contributed by atoms with Crippen molar-refractivity contribution in [1.82, 2.24) is 0 Å². The van der Waals surface area contributed by atoms with Gasteiger partial charge < -0.3 is 5.11 Å². The summed E-state index contributed by atoms with van der Waals surface area (Å²) in [7, 11) is 0. The van der Waals surface area contributed by atoms with Crippen molar-refractivity contribution < 1.29 is 5.11 Å². The van der Waals surface area contributed by atoms with Crippen molar-refractivity contribution in [3.8, 4) is 16.9 Å². The zero-order valence-corrected chi connectivity index (χ0v) is 13.3. The molecule has 0 aliphatic rings. The standard InChI is InChI=1S/C22H18O/c1-14-11-16-7-3-5-9-18(16)20(12-14)21-19-10-6-4-8-17(19)13-15(2)22(21)23/h3-13,23H,1-2H3. The van der Waals surface area contributed by atoms with Crippen molar-refractivity contribution >= 4 is 21.5 Å². The van der Waals surface area contributed by atoms with Crippen LogP contribution in [0.25, 0.3) is 32.7 Å². The van der Waals surface area contributed by atoms with Crippen molar-refractivity contribution in [3.05, 3.63) is 77.9 Å². The van der Waals surface area contributed by atoms with E-state index in [1.807, 2.05) is 25.1 Å². The van der Waals surface area contributed by atoms with Crippen molar-refractivity contribution in [2.24, 2.45) is 0 Å². The largest absolute Gasteiger partial charge is 0.507 e. The van der Waals surface area contributed by atoms with E-state index in [4.69, 9.17) is 0 Å². The molecule has 0 aliphatic carbocycles. The minimum Gasteiger partial charge on any atom is -0.507 e. The normalized spacial score (nSPS) is 11.2. The van der Waals surface area contributed by atoms with Crippen LogP contribution in [-0.4, -0.2) is 5.11 Å². The molecule has 112 valence electrons. The van der Waals surface area contributed by atoms with Crippen LogP contribution < -0.4 is 0 Å². The van der Waals surface area contributed by atoms with Gasteiger partial charge in [-0.05, 0) is 58.1 Å². The van der Waals surface area contributed by atoms with Gasteiger partial charge in [-0.15, -0.1) is 0 Å². The van der Waals surface area contributed by atoms with Crippen LogP contribution in [0.4, 0.5) is 0 Å². The monoisotopic (exact) mass is 298 g/mol. The SMILES string of the molecule is Cc1cc(-c2c(O)c(C)cc3ccccc23)c2ccccc2c1. The number of aryl methyl sites for hydroxylation is 2. The lowest BCUT2D eigenvalue weighted by Crippen LogP contribution is -1.89. The molecule has 4 rings (SSSR count). The maximum absolute atomic E-state index is 10.8. The Morgan fingerprint density at radius 3 is 2.04 bits per heavy atom. The van der Waals surface area contributed by atoms with E-state index in [9.17, 15) is 5.11 Å². The fraction of sp³-hybridized carbons (Fsp3) is 0.0909. The summed E-state index contributed by atoms with van der Waals surface area (Å²) in [5.74, 6) is 0.374. The molecule has 0 atom stereocenters. The Morgan fingerprint density at radius 1 is 0.696 bits per heavy atom. The minimum absolute atomic E-state index is 0.374. The quantitative estimate of drug-likeness (QED) is 0.458. The molecule has 1 heteroatoms. The number of phenols is 1. The molecule has 0 spiro atoms. The van der Waals surface area contributed by atoms with E-state index in [0.717, 1.165) is 27.5 Å². The molecule has 0 amide bonds. The highest BCUT2D eigenvalue weighted by atomic mass is 16.3. The summed E-state index contributed by atoms with van der Waals surface area (Å²) in [5.41, 5.74) is 4.13. The van der Waals surface area contributed by atoms with Crippen molar-refractivity contribution in [1.29, 1.82) is 0 Å². The molecule has 0 heterocycles. The topological polar surface area (TPSA) is 20.2 Å². The van der Waals surface area contributed by atoms with Crippen molar-refractivity contribution in [3.63, 3.8) is 0 Å². The second-order valence-corrected chi connectivity index (χ2v) is 6.17. The number of hydrogen-bond donors (Lipinski definition) is 1. The van der Waals surface area contributed by atoms with E-state index >= 15 is 0 Å². The Kier molecular flexibility index (Phi) is 3.09. The molecule has 0 saturated carbocycles. The molecule has 23 heavy (non-hydrogen) atoms. The van der Waals surface area contributed by atoms with Crippen LogP contribution in [0.1, 0.15) is 11.1 Å².